The molecule has 0 saturated carbocycles. The Bertz CT molecular complexity index is 206. The minimum Gasteiger partial charge on any atom is -0.394 e. The van der Waals surface area contributed by atoms with Gasteiger partial charge in [-0.25, -0.2) is 0 Å². The van der Waals surface area contributed by atoms with Crippen molar-refractivity contribution in [3.8, 4) is 0 Å². The number of hydrogen-bond donors (Lipinski definition) is 2. The molecule has 2 N–H and O–H groups in total. The predicted octanol–water partition coefficient (Wildman–Crippen LogP) is -0.327. The fourth-order valence-electron chi connectivity index (χ4n) is 2.60. The topological polar surface area (TPSA) is 52.9 Å². The highest BCUT2D eigenvalue weighted by atomic mass is 16.5. The lowest BCUT2D eigenvalue weighted by Gasteiger charge is -2.29. The molecule has 15 heavy (non-hydrogen) atoms. The van der Waals surface area contributed by atoms with Gasteiger partial charge >= 0.3 is 0 Å². The van der Waals surface area contributed by atoms with Crippen LogP contribution in [0.5, 0.6) is 0 Å². The molecule has 2 radical (unpaired) electrons. The number of aliphatic hydroxyl groups excluding tert-OH is 2. The second-order valence-corrected chi connectivity index (χ2v) is 4.44. The second kappa shape index (κ2) is 4.78. The van der Waals surface area contributed by atoms with E-state index in [2.05, 4.69) is 4.90 Å². The molecular weight excluding hydrogens is 194 g/mol. The van der Waals surface area contributed by atoms with Crippen LogP contribution in [0.4, 0.5) is 0 Å². The summed E-state index contributed by atoms with van der Waals surface area (Å²) < 4.78 is 5.47. The first-order valence-corrected chi connectivity index (χ1v) is 5.66. The lowest BCUT2D eigenvalue weighted by atomic mass is 10.0. The third-order valence-corrected chi connectivity index (χ3v) is 3.36. The normalized spacial score (nSPS) is 39.8. The summed E-state index contributed by atoms with van der Waals surface area (Å²) in [5.74, 6) is 0. The van der Waals surface area contributed by atoms with E-state index < -0.39 is 6.10 Å². The van der Waals surface area contributed by atoms with E-state index in [0.29, 0.717) is 0 Å². The minimum absolute atomic E-state index is 0.171. The number of ether oxygens (including phenoxy) is 1. The maximum atomic E-state index is 9.65. The maximum absolute atomic E-state index is 9.65. The van der Waals surface area contributed by atoms with Crippen LogP contribution in [-0.2, 0) is 4.74 Å². The van der Waals surface area contributed by atoms with Gasteiger partial charge in [-0.2, -0.15) is 0 Å². The van der Waals surface area contributed by atoms with Gasteiger partial charge < -0.3 is 14.9 Å². The molecule has 0 aromatic heterocycles. The number of rotatable bonds is 3. The first-order valence-electron chi connectivity index (χ1n) is 5.66. The molecule has 2 saturated heterocycles. The van der Waals surface area contributed by atoms with Gasteiger partial charge in [0.25, 0.3) is 0 Å². The molecule has 2 aliphatic rings. The van der Waals surface area contributed by atoms with Crippen LogP contribution in [-0.4, -0.2) is 59.2 Å². The van der Waals surface area contributed by atoms with Gasteiger partial charge in [-0.1, -0.05) is 0 Å². The molecule has 0 spiro atoms. The van der Waals surface area contributed by atoms with Gasteiger partial charge in [0, 0.05) is 6.04 Å². The van der Waals surface area contributed by atoms with Crippen molar-refractivity contribution in [1.29, 1.82) is 0 Å². The Morgan fingerprint density at radius 1 is 1.40 bits per heavy atom. The van der Waals surface area contributed by atoms with Crippen molar-refractivity contribution in [2.45, 2.75) is 43.6 Å². The zero-order valence-corrected chi connectivity index (χ0v) is 8.88. The van der Waals surface area contributed by atoms with E-state index in [0.717, 1.165) is 19.5 Å². The molecule has 4 heteroatoms. The van der Waals surface area contributed by atoms with Crippen LogP contribution in [0.15, 0.2) is 0 Å². The lowest BCUT2D eigenvalue weighted by Crippen LogP contribution is -2.46. The number of nitrogens with zero attached hydrogens (tertiary/aromatic N) is 1. The third kappa shape index (κ3) is 2.33. The molecule has 0 amide bonds. The highest BCUT2D eigenvalue weighted by molar-refractivity contribution is 4.95. The molecule has 2 fully saturated rings. The molecule has 2 unspecified atom stereocenters. The monoisotopic (exact) mass is 213 g/mol. The third-order valence-electron chi connectivity index (χ3n) is 3.36. The van der Waals surface area contributed by atoms with Crippen LogP contribution in [0.3, 0.4) is 0 Å². The Morgan fingerprint density at radius 3 is 2.67 bits per heavy atom. The van der Waals surface area contributed by atoms with E-state index >= 15 is 0 Å². The van der Waals surface area contributed by atoms with Crippen molar-refractivity contribution >= 4 is 0 Å². The highest BCUT2D eigenvalue weighted by Gasteiger charge is 2.41. The zero-order chi connectivity index (χ0) is 10.8. The predicted molar refractivity (Wildman–Crippen MR) is 55.3 cm³/mol. The molecule has 86 valence electrons. The largest absolute Gasteiger partial charge is 0.394 e. The maximum Gasteiger partial charge on any atom is 0.105 e. The van der Waals surface area contributed by atoms with Crippen LogP contribution in [0, 0.1) is 6.92 Å². The Balaban J connectivity index is 2.00. The summed E-state index contributed by atoms with van der Waals surface area (Å²) in [6.07, 6.45) is 1.71. The van der Waals surface area contributed by atoms with E-state index in [-0.39, 0.29) is 24.9 Å². The first kappa shape index (κ1) is 11.3. The summed E-state index contributed by atoms with van der Waals surface area (Å²) in [6, 6.07) is 0.171. The molecule has 2 heterocycles. The molecule has 0 aromatic rings. The molecule has 2 aliphatic heterocycles. The summed E-state index contributed by atoms with van der Waals surface area (Å²) in [5.41, 5.74) is 0. The number of aliphatic hydroxyl groups is 2. The summed E-state index contributed by atoms with van der Waals surface area (Å²) in [7, 11) is 0. The number of likely N-dealkylation sites (tertiary alicyclic amines) is 1. The highest BCUT2D eigenvalue weighted by Crippen LogP contribution is 2.29. The lowest BCUT2D eigenvalue weighted by molar-refractivity contribution is -0.0628. The van der Waals surface area contributed by atoms with Crippen LogP contribution >= 0.6 is 0 Å². The van der Waals surface area contributed by atoms with Crippen molar-refractivity contribution in [1.82, 2.24) is 4.90 Å². The zero-order valence-electron chi connectivity index (χ0n) is 8.88. The van der Waals surface area contributed by atoms with Crippen molar-refractivity contribution in [3.05, 3.63) is 6.92 Å². The average molecular weight is 213 g/mol. The Kier molecular flexibility index (Phi) is 3.61. The standard InChI is InChI=1S/C11H19NO3/c1-8-6-9(12-4-2-3-5-12)11(15-8)10(14)7-13/h1,8-11,13-14H,2-7H2/t8?,9-,10?,11-/m1/s1. The van der Waals surface area contributed by atoms with Crippen LogP contribution in [0.25, 0.3) is 0 Å². The molecule has 4 nitrogen and oxygen atoms in total. The summed E-state index contributed by atoms with van der Waals surface area (Å²) in [6.45, 7) is 7.57. The van der Waals surface area contributed by atoms with Gasteiger partial charge in [0.05, 0.1) is 12.7 Å². The van der Waals surface area contributed by atoms with Gasteiger partial charge in [-0.15, -0.1) is 0 Å². The first-order chi connectivity index (χ1) is 7.22. The van der Waals surface area contributed by atoms with Gasteiger partial charge in [0.15, 0.2) is 0 Å². The quantitative estimate of drug-likeness (QED) is 0.674. The van der Waals surface area contributed by atoms with Gasteiger partial charge in [-0.3, -0.25) is 4.90 Å². The Hall–Kier alpha value is -0.160. The Morgan fingerprint density at radius 2 is 2.07 bits per heavy atom. The molecule has 0 aromatic carbocycles. The molecule has 2 rings (SSSR count). The van der Waals surface area contributed by atoms with Gasteiger partial charge in [-0.05, 0) is 39.3 Å². The summed E-state index contributed by atoms with van der Waals surface area (Å²) in [4.78, 5) is 2.32. The van der Waals surface area contributed by atoms with Crippen molar-refractivity contribution in [3.63, 3.8) is 0 Å². The molecule has 0 aliphatic carbocycles. The van der Waals surface area contributed by atoms with E-state index in [1.807, 2.05) is 0 Å². The van der Waals surface area contributed by atoms with Crippen LogP contribution in [0.2, 0.25) is 0 Å². The molecule has 4 atom stereocenters. The fourth-order valence-corrected chi connectivity index (χ4v) is 2.60. The summed E-state index contributed by atoms with van der Waals surface area (Å²) >= 11 is 0. The number of hydrogen-bond acceptors (Lipinski definition) is 4. The molecule has 0 bridgehead atoms. The smallest absolute Gasteiger partial charge is 0.105 e. The van der Waals surface area contributed by atoms with E-state index in [4.69, 9.17) is 16.8 Å². The van der Waals surface area contributed by atoms with E-state index in [9.17, 15) is 5.11 Å². The van der Waals surface area contributed by atoms with Crippen LogP contribution in [0.1, 0.15) is 19.3 Å². The van der Waals surface area contributed by atoms with Crippen molar-refractivity contribution < 1.29 is 14.9 Å². The minimum atomic E-state index is -0.816. The van der Waals surface area contributed by atoms with E-state index in [1.165, 1.54) is 12.8 Å². The van der Waals surface area contributed by atoms with Gasteiger partial charge in [0.2, 0.25) is 0 Å². The summed E-state index contributed by atoms with van der Waals surface area (Å²) in [5, 5.41) is 18.6. The fraction of sp³-hybridized carbons (Fsp3) is 0.909. The average Bonchev–Trinajstić information content (AvgIpc) is 2.84. The second-order valence-electron chi connectivity index (χ2n) is 4.44. The van der Waals surface area contributed by atoms with Crippen molar-refractivity contribution in [2.24, 2.45) is 0 Å². The van der Waals surface area contributed by atoms with E-state index in [1.54, 1.807) is 0 Å². The van der Waals surface area contributed by atoms with Gasteiger partial charge in [0.1, 0.15) is 12.2 Å². The van der Waals surface area contributed by atoms with Crippen molar-refractivity contribution in [2.75, 3.05) is 19.7 Å². The molecular formula is C11H19NO3. The Labute approximate surface area is 90.8 Å². The van der Waals surface area contributed by atoms with Crippen LogP contribution < -0.4 is 0 Å². The SMILES string of the molecule is [CH]C1C[C@@H](N2CCCC2)[C@H](C(O)CO)O1.